The van der Waals surface area contributed by atoms with Crippen molar-refractivity contribution >= 4 is 18.3 Å². The normalized spacial score (nSPS) is 18.8. The van der Waals surface area contributed by atoms with E-state index in [1.54, 1.807) is 0 Å². The third-order valence-electron chi connectivity index (χ3n) is 4.10. The Balaban J connectivity index is 0.00000242. The molecule has 2 atom stereocenters. The van der Waals surface area contributed by atoms with Gasteiger partial charge in [0.2, 0.25) is 5.91 Å². The first-order valence-electron chi connectivity index (χ1n) is 8.16. The predicted octanol–water partition coefficient (Wildman–Crippen LogP) is 3.63. The van der Waals surface area contributed by atoms with E-state index >= 15 is 0 Å². The highest BCUT2D eigenvalue weighted by Gasteiger charge is 2.18. The van der Waals surface area contributed by atoms with E-state index in [2.05, 4.69) is 55.7 Å². The maximum Gasteiger partial charge on any atom is 0.222 e. The Kier molecular flexibility index (Phi) is 7.91. The van der Waals surface area contributed by atoms with E-state index in [1.807, 2.05) is 0 Å². The van der Waals surface area contributed by atoms with E-state index in [4.69, 9.17) is 0 Å². The van der Waals surface area contributed by atoms with Crippen LogP contribution >= 0.6 is 12.4 Å². The molecular formula is C18H29ClN2O. The summed E-state index contributed by atoms with van der Waals surface area (Å²) in [6.45, 7) is 7.56. The van der Waals surface area contributed by atoms with Crippen LogP contribution in [0.2, 0.25) is 0 Å². The molecule has 4 heteroatoms. The lowest BCUT2D eigenvalue weighted by Crippen LogP contribution is -2.33. The number of benzene rings is 1. The minimum absolute atomic E-state index is 0. The number of rotatable bonds is 6. The van der Waals surface area contributed by atoms with Gasteiger partial charge in [-0.15, -0.1) is 12.4 Å². The molecule has 0 aliphatic carbocycles. The molecule has 1 aliphatic rings. The zero-order valence-electron chi connectivity index (χ0n) is 13.9. The van der Waals surface area contributed by atoms with Gasteiger partial charge in [-0.05, 0) is 49.8 Å². The van der Waals surface area contributed by atoms with Crippen LogP contribution in [-0.2, 0) is 11.2 Å². The van der Waals surface area contributed by atoms with Crippen LogP contribution in [0.15, 0.2) is 24.3 Å². The second-order valence-corrected chi connectivity index (χ2v) is 6.63. The smallest absolute Gasteiger partial charge is 0.222 e. The van der Waals surface area contributed by atoms with E-state index in [0.717, 1.165) is 19.4 Å². The van der Waals surface area contributed by atoms with Gasteiger partial charge in [0.1, 0.15) is 0 Å². The molecule has 0 spiro atoms. The van der Waals surface area contributed by atoms with E-state index < -0.39 is 0 Å². The van der Waals surface area contributed by atoms with Crippen molar-refractivity contribution in [3.05, 3.63) is 35.4 Å². The molecule has 0 bridgehead atoms. The fourth-order valence-electron chi connectivity index (χ4n) is 2.95. The highest BCUT2D eigenvalue weighted by Crippen LogP contribution is 2.16. The first-order valence-corrected chi connectivity index (χ1v) is 8.16. The van der Waals surface area contributed by atoms with Gasteiger partial charge in [0.15, 0.2) is 0 Å². The van der Waals surface area contributed by atoms with Crippen LogP contribution < -0.4 is 10.6 Å². The Labute approximate surface area is 140 Å². The Morgan fingerprint density at radius 2 is 1.95 bits per heavy atom. The Bertz CT molecular complexity index is 453. The van der Waals surface area contributed by atoms with Gasteiger partial charge in [-0.25, -0.2) is 0 Å². The second-order valence-electron chi connectivity index (χ2n) is 6.63. The summed E-state index contributed by atoms with van der Waals surface area (Å²) < 4.78 is 0. The molecule has 3 nitrogen and oxygen atoms in total. The van der Waals surface area contributed by atoms with Crippen LogP contribution in [0.5, 0.6) is 0 Å². The maximum absolute atomic E-state index is 12.0. The van der Waals surface area contributed by atoms with Gasteiger partial charge < -0.3 is 10.6 Å². The van der Waals surface area contributed by atoms with Gasteiger partial charge in [0, 0.05) is 12.5 Å². The predicted molar refractivity (Wildman–Crippen MR) is 94.4 cm³/mol. The lowest BCUT2D eigenvalue weighted by atomic mass is 10.00. The Morgan fingerprint density at radius 1 is 1.27 bits per heavy atom. The summed E-state index contributed by atoms with van der Waals surface area (Å²) in [6, 6.07) is 9.07. The third-order valence-corrected chi connectivity index (χ3v) is 4.10. The first kappa shape index (κ1) is 19.0. The van der Waals surface area contributed by atoms with E-state index in [-0.39, 0.29) is 24.4 Å². The van der Waals surface area contributed by atoms with Crippen LogP contribution in [0.4, 0.5) is 0 Å². The molecule has 1 saturated heterocycles. The summed E-state index contributed by atoms with van der Waals surface area (Å²) in [4.78, 5) is 12.0. The Hall–Kier alpha value is -1.06. The van der Waals surface area contributed by atoms with Crippen LogP contribution in [0.25, 0.3) is 0 Å². The second kappa shape index (κ2) is 9.16. The number of halogens is 1. The zero-order valence-corrected chi connectivity index (χ0v) is 14.7. The summed E-state index contributed by atoms with van der Waals surface area (Å²) >= 11 is 0. The molecule has 22 heavy (non-hydrogen) atoms. The summed E-state index contributed by atoms with van der Waals surface area (Å²) in [6.07, 6.45) is 4.00. The number of hydrogen-bond acceptors (Lipinski definition) is 2. The van der Waals surface area contributed by atoms with Crippen molar-refractivity contribution in [1.29, 1.82) is 0 Å². The summed E-state index contributed by atoms with van der Waals surface area (Å²) in [5, 5.41) is 6.47. The standard InChI is InChI=1S/C18H28N2O.ClH/c1-13(2)11-15-6-8-16(9-7-15)14(3)20-18(21)12-17-5-4-10-19-17;/h6-9,13-14,17,19H,4-5,10-12H2,1-3H3,(H,20,21);1H. The molecule has 1 aromatic rings. The summed E-state index contributed by atoms with van der Waals surface area (Å²) in [5.74, 6) is 0.819. The summed E-state index contributed by atoms with van der Waals surface area (Å²) in [7, 11) is 0. The highest BCUT2D eigenvalue weighted by atomic mass is 35.5. The lowest BCUT2D eigenvalue weighted by Gasteiger charge is -2.17. The van der Waals surface area contributed by atoms with Crippen molar-refractivity contribution in [2.45, 2.75) is 58.5 Å². The number of carbonyl (C=O) groups excluding carboxylic acids is 1. The molecule has 1 aromatic carbocycles. The van der Waals surface area contributed by atoms with Gasteiger partial charge in [0.05, 0.1) is 6.04 Å². The van der Waals surface area contributed by atoms with E-state index in [0.29, 0.717) is 18.4 Å². The van der Waals surface area contributed by atoms with Gasteiger partial charge in [-0.1, -0.05) is 38.1 Å². The quantitative estimate of drug-likeness (QED) is 0.839. The number of amides is 1. The van der Waals surface area contributed by atoms with Gasteiger partial charge in [-0.3, -0.25) is 4.79 Å². The molecule has 1 fully saturated rings. The van der Waals surface area contributed by atoms with Crippen molar-refractivity contribution in [2.75, 3.05) is 6.54 Å². The van der Waals surface area contributed by atoms with E-state index in [1.165, 1.54) is 17.5 Å². The minimum Gasteiger partial charge on any atom is -0.350 e. The number of carbonyl (C=O) groups is 1. The van der Waals surface area contributed by atoms with E-state index in [9.17, 15) is 4.79 Å². The van der Waals surface area contributed by atoms with Crippen molar-refractivity contribution in [3.8, 4) is 0 Å². The zero-order chi connectivity index (χ0) is 15.2. The average Bonchev–Trinajstić information content (AvgIpc) is 2.91. The molecule has 1 aliphatic heterocycles. The van der Waals surface area contributed by atoms with Crippen molar-refractivity contribution in [2.24, 2.45) is 5.92 Å². The molecule has 2 rings (SSSR count). The van der Waals surface area contributed by atoms with Crippen LogP contribution in [0.1, 0.15) is 57.2 Å². The molecule has 0 saturated carbocycles. The van der Waals surface area contributed by atoms with Crippen LogP contribution in [0.3, 0.4) is 0 Å². The third kappa shape index (κ3) is 5.98. The molecule has 2 unspecified atom stereocenters. The number of nitrogens with one attached hydrogen (secondary N) is 2. The first-order chi connectivity index (χ1) is 10.0. The van der Waals surface area contributed by atoms with Crippen LogP contribution in [0, 0.1) is 5.92 Å². The van der Waals surface area contributed by atoms with Gasteiger partial charge >= 0.3 is 0 Å². The molecule has 124 valence electrons. The van der Waals surface area contributed by atoms with Crippen molar-refractivity contribution in [3.63, 3.8) is 0 Å². The fraction of sp³-hybridized carbons (Fsp3) is 0.611. The highest BCUT2D eigenvalue weighted by molar-refractivity contribution is 5.85. The summed E-state index contributed by atoms with van der Waals surface area (Å²) in [5.41, 5.74) is 2.54. The van der Waals surface area contributed by atoms with Crippen molar-refractivity contribution < 1.29 is 4.79 Å². The van der Waals surface area contributed by atoms with Gasteiger partial charge in [0.25, 0.3) is 0 Å². The molecule has 0 radical (unpaired) electrons. The average molecular weight is 325 g/mol. The SMILES string of the molecule is CC(C)Cc1ccc(C(C)NC(=O)CC2CCCN2)cc1.Cl. The molecular weight excluding hydrogens is 296 g/mol. The van der Waals surface area contributed by atoms with Gasteiger partial charge in [-0.2, -0.15) is 0 Å². The molecule has 1 amide bonds. The lowest BCUT2D eigenvalue weighted by molar-refractivity contribution is -0.122. The Morgan fingerprint density at radius 3 is 2.50 bits per heavy atom. The van der Waals surface area contributed by atoms with Crippen molar-refractivity contribution in [1.82, 2.24) is 10.6 Å². The largest absolute Gasteiger partial charge is 0.350 e. The topological polar surface area (TPSA) is 41.1 Å². The minimum atomic E-state index is 0. The monoisotopic (exact) mass is 324 g/mol. The fourth-order valence-corrected chi connectivity index (χ4v) is 2.95. The maximum atomic E-state index is 12.0. The molecule has 2 N–H and O–H groups in total. The number of hydrogen-bond donors (Lipinski definition) is 2. The molecule has 1 heterocycles. The van der Waals surface area contributed by atoms with Crippen LogP contribution in [-0.4, -0.2) is 18.5 Å². The molecule has 0 aromatic heterocycles.